The zero-order valence-electron chi connectivity index (χ0n) is 14.8. The van der Waals surface area contributed by atoms with Crippen LogP contribution in [0.5, 0.6) is 0 Å². The Labute approximate surface area is 152 Å². The van der Waals surface area contributed by atoms with Crippen molar-refractivity contribution in [1.82, 2.24) is 8.87 Å². The quantitative estimate of drug-likeness (QED) is 0.830. The maximum Gasteiger partial charge on any atom is 0.329 e. The summed E-state index contributed by atoms with van der Waals surface area (Å²) in [4.78, 5) is 11.1. The molecule has 0 fully saturated rings. The number of benzene rings is 1. The third-order valence-corrected chi connectivity index (χ3v) is 6.81. The van der Waals surface area contributed by atoms with Crippen molar-refractivity contribution in [2.75, 3.05) is 19.8 Å². The fourth-order valence-electron chi connectivity index (χ4n) is 3.48. The maximum absolute atomic E-state index is 13.4. The number of ether oxygens (including phenoxy) is 1. The third-order valence-electron chi connectivity index (χ3n) is 4.59. The van der Waals surface area contributed by atoms with E-state index in [2.05, 4.69) is 0 Å². The van der Waals surface area contributed by atoms with Crippen molar-refractivity contribution in [2.24, 2.45) is 0 Å². The van der Waals surface area contributed by atoms with Crippen molar-refractivity contribution >= 4 is 16.0 Å². The Morgan fingerprint density at radius 2 is 1.88 bits per heavy atom. The van der Waals surface area contributed by atoms with E-state index >= 15 is 0 Å². The van der Waals surface area contributed by atoms with E-state index in [0.717, 1.165) is 5.69 Å². The molecule has 0 saturated heterocycles. The molecule has 8 heteroatoms. The molecule has 2 aromatic rings. The molecular formula is C18H22N2O5S. The molecule has 0 amide bonds. The molecule has 2 heterocycles. The summed E-state index contributed by atoms with van der Waals surface area (Å²) in [5, 5.41) is 8.81. The number of aromatic nitrogens is 1. The molecule has 3 rings (SSSR count). The van der Waals surface area contributed by atoms with Crippen LogP contribution in [-0.2, 0) is 26.1 Å². The van der Waals surface area contributed by atoms with E-state index in [-0.39, 0.29) is 6.61 Å². The summed E-state index contributed by atoms with van der Waals surface area (Å²) in [5.74, 6) is -1.08. The van der Waals surface area contributed by atoms with Gasteiger partial charge in [-0.05, 0) is 37.1 Å². The highest BCUT2D eigenvalue weighted by molar-refractivity contribution is 7.89. The fraction of sp³-hybridized carbons (Fsp3) is 0.389. The van der Waals surface area contributed by atoms with Crippen LogP contribution in [0, 0.1) is 13.8 Å². The summed E-state index contributed by atoms with van der Waals surface area (Å²) in [7, 11) is -3.75. The first-order valence-electron chi connectivity index (χ1n) is 8.35. The summed E-state index contributed by atoms with van der Waals surface area (Å²) >= 11 is 0. The van der Waals surface area contributed by atoms with Crippen molar-refractivity contribution in [1.29, 1.82) is 0 Å². The van der Waals surface area contributed by atoms with Gasteiger partial charge in [-0.2, -0.15) is 4.31 Å². The Morgan fingerprint density at radius 3 is 2.54 bits per heavy atom. The predicted octanol–water partition coefficient (Wildman–Crippen LogP) is 1.95. The molecular weight excluding hydrogens is 356 g/mol. The van der Waals surface area contributed by atoms with Crippen LogP contribution in [0.25, 0.3) is 0 Å². The summed E-state index contributed by atoms with van der Waals surface area (Å²) in [6, 6.07) is 8.53. The standard InChI is InChI=1S/C18H22N2O5S/c1-13-5-3-6-14(2)18(13)26(23,24)20-10-9-19-8-4-7-15(19)16(20)11-25-12-17(21)22/h3-8,16H,9-12H2,1-2H3,(H,21,22). The number of sulfonamides is 1. The molecule has 1 atom stereocenters. The molecule has 7 nitrogen and oxygen atoms in total. The molecule has 1 aliphatic rings. The minimum Gasteiger partial charge on any atom is -0.480 e. The Morgan fingerprint density at radius 1 is 1.19 bits per heavy atom. The van der Waals surface area contributed by atoms with Crippen molar-refractivity contribution in [2.45, 2.75) is 31.3 Å². The minimum absolute atomic E-state index is 0.0134. The second-order valence-corrected chi connectivity index (χ2v) is 8.22. The number of aliphatic carboxylic acids is 1. The largest absolute Gasteiger partial charge is 0.480 e. The molecule has 140 valence electrons. The van der Waals surface area contributed by atoms with Crippen LogP contribution in [0.2, 0.25) is 0 Å². The number of nitrogens with zero attached hydrogens (tertiary/aromatic N) is 2. The summed E-state index contributed by atoms with van der Waals surface area (Å²) in [6.07, 6.45) is 1.89. The van der Waals surface area contributed by atoms with E-state index in [1.807, 2.05) is 29.0 Å². The molecule has 0 saturated carbocycles. The zero-order chi connectivity index (χ0) is 18.9. The number of carbonyl (C=O) groups is 1. The lowest BCUT2D eigenvalue weighted by Crippen LogP contribution is -2.44. The lowest BCUT2D eigenvalue weighted by atomic mass is 10.2. The normalized spacial score (nSPS) is 17.8. The molecule has 0 radical (unpaired) electrons. The number of hydrogen-bond donors (Lipinski definition) is 1. The van der Waals surface area contributed by atoms with Crippen LogP contribution >= 0.6 is 0 Å². The van der Waals surface area contributed by atoms with Gasteiger partial charge in [-0.25, -0.2) is 13.2 Å². The van der Waals surface area contributed by atoms with E-state index in [9.17, 15) is 13.2 Å². The molecule has 1 aromatic heterocycles. The van der Waals surface area contributed by atoms with Crippen LogP contribution in [0.1, 0.15) is 22.9 Å². The Hall–Kier alpha value is -2.16. The second kappa shape index (κ2) is 7.22. The monoisotopic (exact) mass is 378 g/mol. The van der Waals surface area contributed by atoms with Gasteiger partial charge in [-0.15, -0.1) is 0 Å². The molecule has 1 aromatic carbocycles. The predicted molar refractivity (Wildman–Crippen MR) is 95.4 cm³/mol. The second-order valence-electron chi connectivity index (χ2n) is 6.39. The summed E-state index contributed by atoms with van der Waals surface area (Å²) in [5.41, 5.74) is 2.18. The molecule has 0 bridgehead atoms. The third kappa shape index (κ3) is 3.40. The highest BCUT2D eigenvalue weighted by Gasteiger charge is 2.38. The summed E-state index contributed by atoms with van der Waals surface area (Å²) < 4.78 is 35.5. The van der Waals surface area contributed by atoms with Crippen molar-refractivity contribution in [3.8, 4) is 0 Å². The van der Waals surface area contributed by atoms with Gasteiger partial charge in [0.1, 0.15) is 6.61 Å². The molecule has 0 spiro atoms. The average molecular weight is 378 g/mol. The number of aryl methyl sites for hydroxylation is 2. The lowest BCUT2D eigenvalue weighted by Gasteiger charge is -2.36. The molecule has 1 unspecified atom stereocenters. The van der Waals surface area contributed by atoms with Gasteiger partial charge in [0.05, 0.1) is 17.5 Å². The first-order valence-corrected chi connectivity index (χ1v) is 9.79. The molecule has 26 heavy (non-hydrogen) atoms. The van der Waals surface area contributed by atoms with Crippen LogP contribution in [0.4, 0.5) is 0 Å². The van der Waals surface area contributed by atoms with Crippen molar-refractivity contribution < 1.29 is 23.1 Å². The highest BCUT2D eigenvalue weighted by atomic mass is 32.2. The topological polar surface area (TPSA) is 88.8 Å². The molecule has 0 aliphatic carbocycles. The van der Waals surface area contributed by atoms with Crippen LogP contribution in [0.3, 0.4) is 0 Å². The maximum atomic E-state index is 13.4. The van der Waals surface area contributed by atoms with Gasteiger partial charge in [-0.3, -0.25) is 0 Å². The van der Waals surface area contributed by atoms with E-state index in [4.69, 9.17) is 9.84 Å². The molecule has 1 aliphatic heterocycles. The van der Waals surface area contributed by atoms with Gasteiger partial charge in [0, 0.05) is 25.0 Å². The van der Waals surface area contributed by atoms with Gasteiger partial charge in [-0.1, -0.05) is 18.2 Å². The average Bonchev–Trinajstić information content (AvgIpc) is 3.03. The minimum atomic E-state index is -3.75. The zero-order valence-corrected chi connectivity index (χ0v) is 15.6. The first kappa shape index (κ1) is 18.6. The number of carboxylic acids is 1. The Kier molecular flexibility index (Phi) is 5.17. The van der Waals surface area contributed by atoms with Gasteiger partial charge < -0.3 is 14.4 Å². The van der Waals surface area contributed by atoms with Crippen LogP contribution in [0.15, 0.2) is 41.4 Å². The smallest absolute Gasteiger partial charge is 0.329 e. The molecule has 1 N–H and O–H groups in total. The first-order chi connectivity index (χ1) is 12.3. The Balaban J connectivity index is 2.00. The number of hydrogen-bond acceptors (Lipinski definition) is 4. The van der Waals surface area contributed by atoms with E-state index < -0.39 is 28.6 Å². The number of rotatable bonds is 6. The number of fused-ring (bicyclic) bond motifs is 1. The van der Waals surface area contributed by atoms with Gasteiger partial charge in [0.2, 0.25) is 10.0 Å². The van der Waals surface area contributed by atoms with Gasteiger partial charge in [0.25, 0.3) is 0 Å². The van der Waals surface area contributed by atoms with Crippen molar-refractivity contribution in [3.05, 3.63) is 53.3 Å². The van der Waals surface area contributed by atoms with Gasteiger partial charge >= 0.3 is 5.97 Å². The summed E-state index contributed by atoms with van der Waals surface area (Å²) in [6.45, 7) is 3.93. The van der Waals surface area contributed by atoms with Crippen LogP contribution < -0.4 is 0 Å². The van der Waals surface area contributed by atoms with E-state index in [0.29, 0.717) is 29.1 Å². The highest BCUT2D eigenvalue weighted by Crippen LogP contribution is 2.34. The van der Waals surface area contributed by atoms with Crippen LogP contribution in [-0.4, -0.2) is 48.1 Å². The SMILES string of the molecule is Cc1cccc(C)c1S(=O)(=O)N1CCn2cccc2C1COCC(=O)O. The van der Waals surface area contributed by atoms with Crippen molar-refractivity contribution in [3.63, 3.8) is 0 Å². The van der Waals surface area contributed by atoms with E-state index in [1.165, 1.54) is 4.31 Å². The fourth-order valence-corrected chi connectivity index (χ4v) is 5.49. The lowest BCUT2D eigenvalue weighted by molar-refractivity contribution is -0.142. The van der Waals surface area contributed by atoms with E-state index in [1.54, 1.807) is 26.0 Å². The number of carboxylic acid groups (broad SMARTS) is 1. The Bertz CT molecular complexity index is 899. The van der Waals surface area contributed by atoms with Gasteiger partial charge in [0.15, 0.2) is 0 Å².